The molecule has 0 radical (unpaired) electrons. The third kappa shape index (κ3) is 1.30. The van der Waals surface area contributed by atoms with Crippen molar-refractivity contribution >= 4 is 11.6 Å². The molecule has 0 aromatic heterocycles. The zero-order valence-electron chi connectivity index (χ0n) is 10.4. The molecule has 94 valence electrons. The van der Waals surface area contributed by atoms with Gasteiger partial charge in [-0.25, -0.2) is 0 Å². The normalized spacial score (nSPS) is 27.4. The Labute approximate surface area is 111 Å². The van der Waals surface area contributed by atoms with Crippen molar-refractivity contribution in [2.45, 2.75) is 18.0 Å². The summed E-state index contributed by atoms with van der Waals surface area (Å²) in [7, 11) is 0. The Morgan fingerprint density at radius 1 is 0.947 bits per heavy atom. The molecule has 2 aliphatic rings. The number of carbonyl (C=O) groups is 1. The second-order valence-corrected chi connectivity index (χ2v) is 5.20. The minimum Gasteiger partial charge on any atom is -0.364 e. The monoisotopic (exact) mass is 250 g/mol. The molecule has 2 heterocycles. The van der Waals surface area contributed by atoms with E-state index >= 15 is 0 Å². The van der Waals surface area contributed by atoms with Crippen LogP contribution in [0, 0.1) is 0 Å². The summed E-state index contributed by atoms with van der Waals surface area (Å²) in [5.74, 6) is 0.107. The smallest absolute Gasteiger partial charge is 0.223 e. The van der Waals surface area contributed by atoms with E-state index in [1.54, 1.807) is 0 Å². The lowest BCUT2D eigenvalue weighted by Gasteiger charge is -2.28. The van der Waals surface area contributed by atoms with Crippen LogP contribution in [-0.4, -0.2) is 12.1 Å². The summed E-state index contributed by atoms with van der Waals surface area (Å²) in [5, 5.41) is 6.49. The second kappa shape index (κ2) is 3.60. The molecule has 1 fully saturated rings. The van der Waals surface area contributed by atoms with Crippen LogP contribution >= 0.6 is 0 Å². The van der Waals surface area contributed by atoms with E-state index in [0.717, 1.165) is 5.69 Å². The van der Waals surface area contributed by atoms with Crippen LogP contribution in [0.25, 0.3) is 0 Å². The number of hydrogen-bond acceptors (Lipinski definition) is 2. The molecular weight excluding hydrogens is 236 g/mol. The van der Waals surface area contributed by atoms with E-state index in [4.69, 9.17) is 0 Å². The van der Waals surface area contributed by atoms with Crippen LogP contribution < -0.4 is 10.6 Å². The van der Waals surface area contributed by atoms with Crippen molar-refractivity contribution in [3.8, 4) is 0 Å². The third-order valence-electron chi connectivity index (χ3n) is 4.23. The molecule has 19 heavy (non-hydrogen) atoms. The van der Waals surface area contributed by atoms with Gasteiger partial charge >= 0.3 is 0 Å². The summed E-state index contributed by atoms with van der Waals surface area (Å²) < 4.78 is 0. The maximum absolute atomic E-state index is 11.9. The maximum Gasteiger partial charge on any atom is 0.223 e. The van der Waals surface area contributed by atoms with Gasteiger partial charge in [0.25, 0.3) is 0 Å². The van der Waals surface area contributed by atoms with Gasteiger partial charge in [0, 0.05) is 12.1 Å². The molecule has 0 aliphatic carbocycles. The summed E-state index contributed by atoms with van der Waals surface area (Å²) in [6, 6.07) is 18.5. The summed E-state index contributed by atoms with van der Waals surface area (Å²) >= 11 is 0. The quantitative estimate of drug-likeness (QED) is 0.815. The fourth-order valence-electron chi connectivity index (χ4n) is 3.41. The molecule has 2 aromatic carbocycles. The predicted octanol–water partition coefficient (Wildman–Crippen LogP) is 2.24. The minimum atomic E-state index is -0.269. The summed E-state index contributed by atoms with van der Waals surface area (Å²) in [6.07, 6.45) is 0.464. The van der Waals surface area contributed by atoms with Gasteiger partial charge in [0.2, 0.25) is 5.91 Å². The van der Waals surface area contributed by atoms with E-state index in [0.29, 0.717) is 6.42 Å². The molecule has 0 saturated carbocycles. The van der Waals surface area contributed by atoms with Gasteiger partial charge < -0.3 is 10.6 Å². The number of carbonyl (C=O) groups excluding carboxylic acids is 1. The van der Waals surface area contributed by atoms with E-state index in [-0.39, 0.29) is 17.5 Å². The number of anilines is 1. The lowest BCUT2D eigenvalue weighted by atomic mass is 9.73. The van der Waals surface area contributed by atoms with Gasteiger partial charge in [0.05, 0.1) is 5.41 Å². The van der Waals surface area contributed by atoms with Gasteiger partial charge in [0.1, 0.15) is 6.17 Å². The van der Waals surface area contributed by atoms with Crippen molar-refractivity contribution in [2.75, 3.05) is 5.32 Å². The van der Waals surface area contributed by atoms with Crippen LogP contribution in [-0.2, 0) is 10.2 Å². The molecule has 3 nitrogen and oxygen atoms in total. The van der Waals surface area contributed by atoms with E-state index < -0.39 is 0 Å². The van der Waals surface area contributed by atoms with Crippen LogP contribution in [0.4, 0.5) is 5.69 Å². The molecule has 3 heteroatoms. The third-order valence-corrected chi connectivity index (χ3v) is 4.23. The number of rotatable bonds is 1. The topological polar surface area (TPSA) is 41.1 Å². The van der Waals surface area contributed by atoms with Gasteiger partial charge in [-0.3, -0.25) is 4.79 Å². The van der Waals surface area contributed by atoms with Crippen molar-refractivity contribution in [2.24, 2.45) is 0 Å². The first-order chi connectivity index (χ1) is 9.30. The predicted molar refractivity (Wildman–Crippen MR) is 73.8 cm³/mol. The van der Waals surface area contributed by atoms with Gasteiger partial charge in [-0.05, 0) is 17.2 Å². The van der Waals surface area contributed by atoms with Crippen LogP contribution in [0.1, 0.15) is 17.5 Å². The van der Waals surface area contributed by atoms with Gasteiger partial charge in [-0.15, -0.1) is 0 Å². The first-order valence-corrected chi connectivity index (χ1v) is 6.52. The second-order valence-electron chi connectivity index (χ2n) is 5.20. The molecule has 2 aromatic rings. The molecule has 2 aliphatic heterocycles. The van der Waals surface area contributed by atoms with E-state index in [1.807, 2.05) is 30.3 Å². The van der Waals surface area contributed by atoms with Crippen LogP contribution in [0.2, 0.25) is 0 Å². The Hall–Kier alpha value is -2.29. The Kier molecular flexibility index (Phi) is 2.01. The number of amides is 1. The van der Waals surface area contributed by atoms with Crippen LogP contribution in [0.5, 0.6) is 0 Å². The van der Waals surface area contributed by atoms with E-state index in [2.05, 4.69) is 34.9 Å². The fraction of sp³-hybridized carbons (Fsp3) is 0.188. The molecule has 1 amide bonds. The highest BCUT2D eigenvalue weighted by Gasteiger charge is 2.54. The van der Waals surface area contributed by atoms with Crippen LogP contribution in [0.15, 0.2) is 54.6 Å². The highest BCUT2D eigenvalue weighted by atomic mass is 16.2. The zero-order valence-corrected chi connectivity index (χ0v) is 10.4. The van der Waals surface area contributed by atoms with Gasteiger partial charge in [-0.1, -0.05) is 48.5 Å². The fourth-order valence-corrected chi connectivity index (χ4v) is 3.41. The Bertz CT molecular complexity index is 653. The van der Waals surface area contributed by atoms with E-state index in [1.165, 1.54) is 11.1 Å². The Morgan fingerprint density at radius 3 is 2.53 bits per heavy atom. The first-order valence-electron chi connectivity index (χ1n) is 6.52. The zero-order chi connectivity index (χ0) is 12.9. The lowest BCUT2D eigenvalue weighted by molar-refractivity contribution is -0.119. The molecule has 2 atom stereocenters. The van der Waals surface area contributed by atoms with Crippen molar-refractivity contribution in [3.63, 3.8) is 0 Å². The molecule has 2 N–H and O–H groups in total. The highest BCUT2D eigenvalue weighted by molar-refractivity contribution is 5.87. The molecule has 4 rings (SSSR count). The standard InChI is InChI=1S/C16H14N2O/c19-14-10-16(11-6-2-1-3-7-11)12-8-4-5-9-13(12)17-15(16)18-14/h1-9,15,17H,10H2,(H,18,19)/t15-,16+/m1/s1. The number of para-hydroxylation sites is 1. The highest BCUT2D eigenvalue weighted by Crippen LogP contribution is 2.49. The first kappa shape index (κ1) is 10.6. The van der Waals surface area contributed by atoms with Gasteiger partial charge in [0.15, 0.2) is 0 Å². The van der Waals surface area contributed by atoms with Crippen molar-refractivity contribution < 1.29 is 4.79 Å². The summed E-state index contributed by atoms with van der Waals surface area (Å²) in [6.45, 7) is 0. The Morgan fingerprint density at radius 2 is 1.68 bits per heavy atom. The largest absolute Gasteiger partial charge is 0.364 e. The number of benzene rings is 2. The molecule has 1 saturated heterocycles. The SMILES string of the molecule is O=C1C[C@]2(c3ccccc3)c3ccccc3N[C@@H]2N1. The summed E-state index contributed by atoms with van der Waals surface area (Å²) in [5.41, 5.74) is 3.26. The number of hydrogen-bond donors (Lipinski definition) is 2. The molecular formula is C16H14N2O. The number of fused-ring (bicyclic) bond motifs is 3. The molecule has 0 unspecified atom stereocenters. The van der Waals surface area contributed by atoms with Crippen molar-refractivity contribution in [1.29, 1.82) is 0 Å². The summed E-state index contributed by atoms with van der Waals surface area (Å²) in [4.78, 5) is 11.9. The number of nitrogens with one attached hydrogen (secondary N) is 2. The molecule has 0 spiro atoms. The van der Waals surface area contributed by atoms with Crippen molar-refractivity contribution in [3.05, 3.63) is 65.7 Å². The average molecular weight is 250 g/mol. The molecule has 0 bridgehead atoms. The van der Waals surface area contributed by atoms with Crippen molar-refractivity contribution in [1.82, 2.24) is 5.32 Å². The Balaban J connectivity index is 1.98. The van der Waals surface area contributed by atoms with E-state index in [9.17, 15) is 4.79 Å². The average Bonchev–Trinajstić information content (AvgIpc) is 2.92. The lowest BCUT2D eigenvalue weighted by Crippen LogP contribution is -2.41. The maximum atomic E-state index is 11.9. The van der Waals surface area contributed by atoms with Gasteiger partial charge in [-0.2, -0.15) is 0 Å². The van der Waals surface area contributed by atoms with Crippen LogP contribution in [0.3, 0.4) is 0 Å². The minimum absolute atomic E-state index is 0.0419.